The van der Waals surface area contributed by atoms with Crippen LogP contribution in [0.1, 0.15) is 18.9 Å². The van der Waals surface area contributed by atoms with Crippen LogP contribution < -0.4 is 11.5 Å². The second kappa shape index (κ2) is 4.01. The van der Waals surface area contributed by atoms with Crippen LogP contribution >= 0.6 is 0 Å². The van der Waals surface area contributed by atoms with Gasteiger partial charge < -0.3 is 4.98 Å². The zero-order valence-electron chi connectivity index (χ0n) is 9.60. The summed E-state index contributed by atoms with van der Waals surface area (Å²) in [6.45, 7) is 1.69. The van der Waals surface area contributed by atoms with E-state index in [-0.39, 0.29) is 11.7 Å². The quantitative estimate of drug-likeness (QED) is 0.716. The second-order valence-corrected chi connectivity index (χ2v) is 4.58. The molecule has 2 heterocycles. The largest absolute Gasteiger partial charge is 0.326 e. The third-order valence-corrected chi connectivity index (χ3v) is 3.49. The van der Waals surface area contributed by atoms with Crippen molar-refractivity contribution in [2.45, 2.75) is 18.9 Å². The first kappa shape index (κ1) is 10.6. The van der Waals surface area contributed by atoms with E-state index < -0.39 is 0 Å². The van der Waals surface area contributed by atoms with Crippen molar-refractivity contribution in [3.05, 3.63) is 34.7 Å². The van der Waals surface area contributed by atoms with Gasteiger partial charge in [-0.15, -0.1) is 0 Å². The molecule has 1 saturated heterocycles. The van der Waals surface area contributed by atoms with E-state index in [1.165, 1.54) is 0 Å². The predicted octanol–water partition coefficient (Wildman–Crippen LogP) is 0.840. The lowest BCUT2D eigenvalue weighted by molar-refractivity contribution is 0.190. The van der Waals surface area contributed by atoms with E-state index >= 15 is 0 Å². The standard InChI is InChI=1S/C12H16N4O/c13-15-7-5-9(6-8-15)16-11-4-2-1-3-10(11)14-12(16)17/h1-4,9H,5-8,13H2,(H,14,17). The highest BCUT2D eigenvalue weighted by atomic mass is 16.1. The molecule has 0 amide bonds. The van der Waals surface area contributed by atoms with Crippen LogP contribution in [0.25, 0.3) is 11.0 Å². The lowest BCUT2D eigenvalue weighted by Gasteiger charge is -2.29. The Morgan fingerprint density at radius 3 is 2.71 bits per heavy atom. The number of nitrogens with zero attached hydrogens (tertiary/aromatic N) is 2. The smallest absolute Gasteiger partial charge is 0.306 e. The van der Waals surface area contributed by atoms with Gasteiger partial charge in [-0.25, -0.2) is 9.80 Å². The maximum atomic E-state index is 12.0. The van der Waals surface area contributed by atoms with E-state index in [0.717, 1.165) is 37.0 Å². The monoisotopic (exact) mass is 232 g/mol. The van der Waals surface area contributed by atoms with Gasteiger partial charge in [-0.3, -0.25) is 10.4 Å². The zero-order valence-corrected chi connectivity index (χ0v) is 9.60. The summed E-state index contributed by atoms with van der Waals surface area (Å²) in [6.07, 6.45) is 1.86. The SMILES string of the molecule is NN1CCC(n2c(=O)[nH]c3ccccc32)CC1. The van der Waals surface area contributed by atoms with Crippen LogP contribution in [0.2, 0.25) is 0 Å². The molecule has 1 fully saturated rings. The number of hydrogen-bond acceptors (Lipinski definition) is 3. The minimum absolute atomic E-state index is 0.0123. The van der Waals surface area contributed by atoms with Crippen LogP contribution in [0.4, 0.5) is 0 Å². The predicted molar refractivity (Wildman–Crippen MR) is 66.6 cm³/mol. The van der Waals surface area contributed by atoms with Crippen LogP contribution in [-0.2, 0) is 0 Å². The van der Waals surface area contributed by atoms with E-state index in [4.69, 9.17) is 5.84 Å². The molecule has 0 unspecified atom stereocenters. The Bertz CT molecular complexity index is 577. The third kappa shape index (κ3) is 1.77. The number of hydrogen-bond donors (Lipinski definition) is 2. The first-order chi connectivity index (χ1) is 8.25. The summed E-state index contributed by atoms with van der Waals surface area (Å²) in [6, 6.07) is 8.08. The maximum Gasteiger partial charge on any atom is 0.326 e. The molecule has 1 aliphatic rings. The normalized spacial score (nSPS) is 18.9. The molecule has 1 aromatic heterocycles. The van der Waals surface area contributed by atoms with Crippen LogP contribution in [0.5, 0.6) is 0 Å². The van der Waals surface area contributed by atoms with Crippen molar-refractivity contribution in [3.63, 3.8) is 0 Å². The molecule has 3 rings (SSSR count). The Balaban J connectivity index is 2.05. The first-order valence-electron chi connectivity index (χ1n) is 5.94. The highest BCUT2D eigenvalue weighted by Gasteiger charge is 2.21. The summed E-state index contributed by atoms with van der Waals surface area (Å²) < 4.78 is 1.88. The van der Waals surface area contributed by atoms with E-state index in [9.17, 15) is 4.79 Å². The molecule has 1 aromatic carbocycles. The van der Waals surface area contributed by atoms with Gasteiger partial charge in [0.15, 0.2) is 0 Å². The van der Waals surface area contributed by atoms with Crippen LogP contribution in [0.3, 0.4) is 0 Å². The van der Waals surface area contributed by atoms with Gasteiger partial charge in [0.05, 0.1) is 11.0 Å². The van der Waals surface area contributed by atoms with Gasteiger partial charge in [-0.05, 0) is 25.0 Å². The molecule has 3 N–H and O–H groups in total. The van der Waals surface area contributed by atoms with Gasteiger partial charge >= 0.3 is 5.69 Å². The summed E-state index contributed by atoms with van der Waals surface area (Å²) in [4.78, 5) is 14.9. The number of aromatic amines is 1. The molecule has 1 aliphatic heterocycles. The number of imidazole rings is 1. The maximum absolute atomic E-state index is 12.0. The average molecular weight is 232 g/mol. The summed E-state index contributed by atoms with van der Waals surface area (Å²) >= 11 is 0. The number of hydrazine groups is 1. The van der Waals surface area contributed by atoms with Crippen molar-refractivity contribution < 1.29 is 0 Å². The van der Waals surface area contributed by atoms with E-state index in [0.29, 0.717) is 0 Å². The summed E-state index contributed by atoms with van der Waals surface area (Å²) in [5, 5.41) is 1.82. The molecule has 0 radical (unpaired) electrons. The molecule has 90 valence electrons. The van der Waals surface area contributed by atoms with E-state index in [2.05, 4.69) is 4.98 Å². The van der Waals surface area contributed by atoms with Crippen molar-refractivity contribution in [1.82, 2.24) is 14.6 Å². The van der Waals surface area contributed by atoms with Crippen LogP contribution in [0.15, 0.2) is 29.1 Å². The van der Waals surface area contributed by atoms with E-state index in [1.807, 2.05) is 33.8 Å². The molecule has 0 saturated carbocycles. The lowest BCUT2D eigenvalue weighted by atomic mass is 10.1. The average Bonchev–Trinajstić information content (AvgIpc) is 2.66. The van der Waals surface area contributed by atoms with Gasteiger partial charge in [0.2, 0.25) is 0 Å². The molecule has 0 atom stereocenters. The van der Waals surface area contributed by atoms with E-state index in [1.54, 1.807) is 0 Å². The molecule has 5 heteroatoms. The van der Waals surface area contributed by atoms with Crippen LogP contribution in [-0.4, -0.2) is 27.6 Å². The molecule has 0 spiro atoms. The van der Waals surface area contributed by atoms with Gasteiger partial charge in [-0.2, -0.15) is 0 Å². The third-order valence-electron chi connectivity index (χ3n) is 3.49. The number of nitrogens with two attached hydrogens (primary N) is 1. The highest BCUT2D eigenvalue weighted by Crippen LogP contribution is 2.23. The minimum Gasteiger partial charge on any atom is -0.306 e. The molecule has 0 bridgehead atoms. The topological polar surface area (TPSA) is 67.0 Å². The number of nitrogens with one attached hydrogen (secondary N) is 1. The molecule has 0 aliphatic carbocycles. The van der Waals surface area contributed by atoms with Gasteiger partial charge in [0.25, 0.3) is 0 Å². The Labute approximate surface area is 98.8 Å². The van der Waals surface area contributed by atoms with Gasteiger partial charge in [0, 0.05) is 19.1 Å². The van der Waals surface area contributed by atoms with Crippen molar-refractivity contribution in [1.29, 1.82) is 0 Å². The summed E-state index contributed by atoms with van der Waals surface area (Å²) in [5.41, 5.74) is 1.89. The van der Waals surface area contributed by atoms with Crippen molar-refractivity contribution in [2.24, 2.45) is 5.84 Å². The molecule has 5 nitrogen and oxygen atoms in total. The highest BCUT2D eigenvalue weighted by molar-refractivity contribution is 5.75. The van der Waals surface area contributed by atoms with Crippen molar-refractivity contribution >= 4 is 11.0 Å². The molecule has 2 aromatic rings. The number of para-hydroxylation sites is 2. The number of rotatable bonds is 1. The second-order valence-electron chi connectivity index (χ2n) is 4.58. The van der Waals surface area contributed by atoms with Crippen LogP contribution in [0, 0.1) is 0 Å². The Hall–Kier alpha value is -1.59. The number of aromatic nitrogens is 2. The fourth-order valence-electron chi connectivity index (χ4n) is 2.58. The fourth-order valence-corrected chi connectivity index (χ4v) is 2.58. The lowest BCUT2D eigenvalue weighted by Crippen LogP contribution is -2.40. The first-order valence-corrected chi connectivity index (χ1v) is 5.94. The van der Waals surface area contributed by atoms with Gasteiger partial charge in [0.1, 0.15) is 0 Å². The van der Waals surface area contributed by atoms with Crippen molar-refractivity contribution in [2.75, 3.05) is 13.1 Å². The minimum atomic E-state index is -0.0123. The fraction of sp³-hybridized carbons (Fsp3) is 0.417. The Morgan fingerprint density at radius 2 is 1.94 bits per heavy atom. The molecular formula is C12H16N4O. The number of fused-ring (bicyclic) bond motifs is 1. The summed E-state index contributed by atoms with van der Waals surface area (Å²) in [7, 11) is 0. The molecular weight excluding hydrogens is 216 g/mol. The zero-order chi connectivity index (χ0) is 11.8. The van der Waals surface area contributed by atoms with Gasteiger partial charge in [-0.1, -0.05) is 12.1 Å². The Morgan fingerprint density at radius 1 is 1.24 bits per heavy atom. The summed E-state index contributed by atoms with van der Waals surface area (Å²) in [5.74, 6) is 5.74. The van der Waals surface area contributed by atoms with Crippen molar-refractivity contribution in [3.8, 4) is 0 Å². The number of piperidine rings is 1. The number of benzene rings is 1. The number of H-pyrrole nitrogens is 1. The Kier molecular flexibility index (Phi) is 2.49. The molecule has 17 heavy (non-hydrogen) atoms.